The Balaban J connectivity index is 4.46. The molecule has 2 nitrogen and oxygen atoms in total. The summed E-state index contributed by atoms with van der Waals surface area (Å²) in [6, 6.07) is 0. The molecule has 0 aliphatic carbocycles. The van der Waals surface area contributed by atoms with Gasteiger partial charge in [0.1, 0.15) is 0 Å². The second kappa shape index (κ2) is 3.73. The highest BCUT2D eigenvalue weighted by molar-refractivity contribution is 5.83. The molecule has 1 amide bonds. The van der Waals surface area contributed by atoms with Crippen molar-refractivity contribution >= 4 is 5.91 Å². The second-order valence-corrected chi connectivity index (χ2v) is 2.24. The Morgan fingerprint density at radius 2 is 1.92 bits per heavy atom. The normalized spacial score (nSPS) is 11.9. The van der Waals surface area contributed by atoms with Crippen molar-refractivity contribution in [2.45, 2.75) is 19.3 Å². The summed E-state index contributed by atoms with van der Waals surface area (Å²) in [7, 11) is 1.04. The van der Waals surface area contributed by atoms with Crippen LogP contribution >= 0.6 is 0 Å². The van der Waals surface area contributed by atoms with Crippen LogP contribution in [0.1, 0.15) is 6.92 Å². The molecule has 0 aromatic heterocycles. The number of rotatable bonds is 3. The van der Waals surface area contributed by atoms with Crippen LogP contribution in [0.2, 0.25) is 0 Å². The predicted molar refractivity (Wildman–Crippen MR) is 34.3 cm³/mol. The lowest BCUT2D eigenvalue weighted by molar-refractivity contribution is -0.179. The molecule has 0 N–H and O–H groups in total. The highest BCUT2D eigenvalue weighted by Crippen LogP contribution is 2.24. The number of hydrogen-bond acceptors (Lipinski definition) is 1. The van der Waals surface area contributed by atoms with Crippen molar-refractivity contribution in [3.8, 4) is 0 Å². The lowest BCUT2D eigenvalue weighted by atomic mass is 10.3. The quantitative estimate of drug-likeness (QED) is 0.611. The van der Waals surface area contributed by atoms with Crippen molar-refractivity contribution < 1.29 is 22.4 Å². The van der Waals surface area contributed by atoms with Gasteiger partial charge in [0.15, 0.2) is 0 Å². The second-order valence-electron chi connectivity index (χ2n) is 2.24. The maximum absolute atomic E-state index is 12.2. The summed E-state index contributed by atoms with van der Waals surface area (Å²) >= 11 is 0. The predicted octanol–water partition coefficient (Wildman–Crippen LogP) is 1.37. The summed E-state index contributed by atoms with van der Waals surface area (Å²) < 4.78 is 47.6. The van der Waals surface area contributed by atoms with E-state index in [9.17, 15) is 22.4 Å². The highest BCUT2D eigenvalue weighted by atomic mass is 19.3. The van der Waals surface area contributed by atoms with E-state index in [1.54, 1.807) is 0 Å². The van der Waals surface area contributed by atoms with Gasteiger partial charge in [-0.3, -0.25) is 4.79 Å². The fourth-order valence-corrected chi connectivity index (χ4v) is 0.491. The van der Waals surface area contributed by atoms with E-state index in [0.29, 0.717) is 4.90 Å². The maximum Gasteiger partial charge on any atom is 0.383 e. The Labute approximate surface area is 67.1 Å². The van der Waals surface area contributed by atoms with Gasteiger partial charge in [-0.2, -0.15) is 8.78 Å². The zero-order valence-corrected chi connectivity index (χ0v) is 6.65. The number of carbonyl (C=O) groups is 1. The summed E-state index contributed by atoms with van der Waals surface area (Å²) in [5.74, 6) is -6.41. The summed E-state index contributed by atoms with van der Waals surface area (Å²) in [6.45, 7) is 1.39. The summed E-state index contributed by atoms with van der Waals surface area (Å²) in [5, 5.41) is 0. The lowest BCUT2D eigenvalue weighted by Crippen LogP contribution is -2.45. The van der Waals surface area contributed by atoms with Gasteiger partial charge in [0.2, 0.25) is 0 Å². The third kappa shape index (κ3) is 2.09. The summed E-state index contributed by atoms with van der Waals surface area (Å²) in [4.78, 5) is 11.1. The Hall–Kier alpha value is -0.810. The van der Waals surface area contributed by atoms with Crippen molar-refractivity contribution in [3.63, 3.8) is 0 Å². The van der Waals surface area contributed by atoms with Crippen LogP contribution in [0.25, 0.3) is 0 Å². The van der Waals surface area contributed by atoms with Crippen LogP contribution in [0, 0.1) is 0 Å². The average molecular weight is 187 g/mol. The smallest absolute Gasteiger partial charge is 0.341 e. The third-order valence-electron chi connectivity index (χ3n) is 1.38. The molecule has 0 atom stereocenters. The molecule has 12 heavy (non-hydrogen) atoms. The van der Waals surface area contributed by atoms with Crippen LogP contribution < -0.4 is 0 Å². The van der Waals surface area contributed by atoms with Gasteiger partial charge in [0, 0.05) is 13.6 Å². The summed E-state index contributed by atoms with van der Waals surface area (Å²) in [5.41, 5.74) is 0. The van der Waals surface area contributed by atoms with Crippen LogP contribution in [-0.4, -0.2) is 36.7 Å². The lowest BCUT2D eigenvalue weighted by Gasteiger charge is -2.20. The number of alkyl halides is 4. The van der Waals surface area contributed by atoms with E-state index >= 15 is 0 Å². The number of hydrogen-bond donors (Lipinski definition) is 0. The van der Waals surface area contributed by atoms with Crippen molar-refractivity contribution in [2.75, 3.05) is 13.6 Å². The van der Waals surface area contributed by atoms with E-state index in [-0.39, 0.29) is 6.54 Å². The molecule has 0 aromatic carbocycles. The Morgan fingerprint density at radius 1 is 1.50 bits per heavy atom. The van der Waals surface area contributed by atoms with Gasteiger partial charge < -0.3 is 4.90 Å². The zero-order valence-electron chi connectivity index (χ0n) is 6.65. The fourth-order valence-electron chi connectivity index (χ4n) is 0.491. The van der Waals surface area contributed by atoms with Gasteiger partial charge in [0.25, 0.3) is 5.91 Å². The molecule has 0 aliphatic heterocycles. The van der Waals surface area contributed by atoms with Gasteiger partial charge >= 0.3 is 12.3 Å². The molecule has 0 bridgehead atoms. The third-order valence-corrected chi connectivity index (χ3v) is 1.38. The number of nitrogens with zero attached hydrogens (tertiary/aromatic N) is 1. The first-order valence-electron chi connectivity index (χ1n) is 3.25. The minimum atomic E-state index is -4.56. The van der Waals surface area contributed by atoms with Crippen molar-refractivity contribution in [2.24, 2.45) is 0 Å². The number of halogens is 4. The molecular formula is C6H9F4NO. The first-order chi connectivity index (χ1) is 5.34. The van der Waals surface area contributed by atoms with Gasteiger partial charge in [-0.1, -0.05) is 0 Å². The van der Waals surface area contributed by atoms with Gasteiger partial charge in [-0.15, -0.1) is 0 Å². The molecule has 0 aromatic rings. The van der Waals surface area contributed by atoms with Crippen LogP contribution in [0.4, 0.5) is 17.6 Å². The summed E-state index contributed by atoms with van der Waals surface area (Å²) in [6.07, 6.45) is -3.95. The zero-order chi connectivity index (χ0) is 9.94. The molecule has 0 rings (SSSR count). The largest absolute Gasteiger partial charge is 0.383 e. The SMILES string of the molecule is CCN(C)C(=O)C(F)(F)C(F)F. The van der Waals surface area contributed by atoms with Gasteiger partial charge in [-0.25, -0.2) is 8.78 Å². The van der Waals surface area contributed by atoms with E-state index in [4.69, 9.17) is 0 Å². The highest BCUT2D eigenvalue weighted by Gasteiger charge is 2.50. The van der Waals surface area contributed by atoms with E-state index in [1.165, 1.54) is 6.92 Å². The molecule has 0 aliphatic rings. The molecular weight excluding hydrogens is 178 g/mol. The molecule has 72 valence electrons. The molecule has 0 spiro atoms. The molecule has 0 unspecified atom stereocenters. The Bertz CT molecular complexity index is 171. The van der Waals surface area contributed by atoms with Crippen LogP contribution in [-0.2, 0) is 4.79 Å². The van der Waals surface area contributed by atoms with Gasteiger partial charge in [0.05, 0.1) is 0 Å². The van der Waals surface area contributed by atoms with E-state index in [2.05, 4.69) is 0 Å². The van der Waals surface area contributed by atoms with E-state index in [0.717, 1.165) is 7.05 Å². The van der Waals surface area contributed by atoms with Crippen LogP contribution in [0.3, 0.4) is 0 Å². The fraction of sp³-hybridized carbons (Fsp3) is 0.833. The minimum Gasteiger partial charge on any atom is -0.341 e. The van der Waals surface area contributed by atoms with Crippen LogP contribution in [0.5, 0.6) is 0 Å². The molecule has 0 heterocycles. The molecule has 0 saturated carbocycles. The molecule has 6 heteroatoms. The first kappa shape index (κ1) is 11.2. The molecule has 0 radical (unpaired) electrons. The molecule has 0 saturated heterocycles. The van der Waals surface area contributed by atoms with Crippen molar-refractivity contribution in [1.82, 2.24) is 4.90 Å². The topological polar surface area (TPSA) is 20.3 Å². The number of carbonyl (C=O) groups excluding carboxylic acids is 1. The number of amides is 1. The van der Waals surface area contributed by atoms with Crippen molar-refractivity contribution in [1.29, 1.82) is 0 Å². The first-order valence-corrected chi connectivity index (χ1v) is 3.25. The van der Waals surface area contributed by atoms with E-state index in [1.807, 2.05) is 0 Å². The Kier molecular flexibility index (Phi) is 3.48. The van der Waals surface area contributed by atoms with Crippen LogP contribution in [0.15, 0.2) is 0 Å². The van der Waals surface area contributed by atoms with Crippen molar-refractivity contribution in [3.05, 3.63) is 0 Å². The average Bonchev–Trinajstić information content (AvgIpc) is 2.01. The van der Waals surface area contributed by atoms with Gasteiger partial charge in [-0.05, 0) is 6.92 Å². The minimum absolute atomic E-state index is 0.0266. The molecule has 0 fully saturated rings. The van der Waals surface area contributed by atoms with E-state index < -0.39 is 18.3 Å². The monoisotopic (exact) mass is 187 g/mol. The maximum atomic E-state index is 12.2. The standard InChI is InChI=1S/C6H9F4NO/c1-3-11(2)5(12)6(9,10)4(7)8/h4H,3H2,1-2H3. The Morgan fingerprint density at radius 3 is 2.17 bits per heavy atom.